The van der Waals surface area contributed by atoms with Crippen molar-refractivity contribution >= 4 is 17.0 Å². The first-order chi connectivity index (χ1) is 5.65. The maximum absolute atomic E-state index is 8.37. The largest absolute Gasteiger partial charge is 0.397 e. The van der Waals surface area contributed by atoms with Gasteiger partial charge in [-0.1, -0.05) is 0 Å². The van der Waals surface area contributed by atoms with E-state index in [2.05, 4.69) is 0 Å². The summed E-state index contributed by atoms with van der Waals surface area (Å²) >= 11 is 1.62. The van der Waals surface area contributed by atoms with Gasteiger partial charge in [0, 0.05) is 11.0 Å². The van der Waals surface area contributed by atoms with Crippen LogP contribution in [0.15, 0.2) is 12.1 Å². The minimum Gasteiger partial charge on any atom is -0.397 e. The van der Waals surface area contributed by atoms with Crippen LogP contribution in [0.3, 0.4) is 0 Å². The molecule has 0 aliphatic rings. The van der Waals surface area contributed by atoms with Crippen molar-refractivity contribution in [2.24, 2.45) is 5.73 Å². The van der Waals surface area contributed by atoms with Crippen molar-refractivity contribution in [3.8, 4) is 6.07 Å². The lowest BCUT2D eigenvalue weighted by atomic mass is 10.2. The van der Waals surface area contributed by atoms with Crippen LogP contribution in [-0.4, -0.2) is 0 Å². The smallest absolute Gasteiger partial charge is 0.0934 e. The molecular formula is C9H10N2S. The maximum atomic E-state index is 8.37. The molecule has 2 N–H and O–H groups in total. The van der Waals surface area contributed by atoms with Crippen LogP contribution in [0.25, 0.3) is 5.70 Å². The number of allylic oxidation sites excluding steroid dienone is 1. The molecule has 0 aliphatic heterocycles. The first-order valence-electron chi connectivity index (χ1n) is 3.58. The van der Waals surface area contributed by atoms with E-state index in [1.54, 1.807) is 11.3 Å². The molecule has 62 valence electrons. The molecule has 0 aliphatic carbocycles. The van der Waals surface area contributed by atoms with Gasteiger partial charge in [0.1, 0.15) is 0 Å². The van der Waals surface area contributed by atoms with Crippen molar-refractivity contribution < 1.29 is 0 Å². The second kappa shape index (κ2) is 3.42. The number of aryl methyl sites for hydroxylation is 2. The molecule has 0 spiro atoms. The highest BCUT2D eigenvalue weighted by molar-refractivity contribution is 7.13. The summed E-state index contributed by atoms with van der Waals surface area (Å²) in [5.74, 6) is 0. The van der Waals surface area contributed by atoms with Gasteiger partial charge < -0.3 is 5.73 Å². The van der Waals surface area contributed by atoms with Gasteiger partial charge in [0.05, 0.1) is 16.6 Å². The quantitative estimate of drug-likeness (QED) is 0.670. The van der Waals surface area contributed by atoms with E-state index in [-0.39, 0.29) is 0 Å². The zero-order chi connectivity index (χ0) is 9.14. The molecule has 1 rings (SSSR count). The Kier molecular flexibility index (Phi) is 2.51. The van der Waals surface area contributed by atoms with E-state index >= 15 is 0 Å². The van der Waals surface area contributed by atoms with E-state index < -0.39 is 0 Å². The van der Waals surface area contributed by atoms with E-state index in [0.717, 1.165) is 4.88 Å². The standard InChI is InChI=1S/C9H10N2S/c1-6-5-9(12-7(6)2)8(11)3-4-10/h3,5H,11H2,1-2H3/b8-3-. The lowest BCUT2D eigenvalue weighted by Gasteiger charge is -1.90. The third-order valence-corrected chi connectivity index (χ3v) is 2.87. The first-order valence-corrected chi connectivity index (χ1v) is 4.39. The number of thiophene rings is 1. The second-order valence-electron chi connectivity index (χ2n) is 2.58. The van der Waals surface area contributed by atoms with Crippen LogP contribution in [0, 0.1) is 25.2 Å². The zero-order valence-corrected chi connectivity index (χ0v) is 7.90. The van der Waals surface area contributed by atoms with Crippen molar-refractivity contribution in [1.82, 2.24) is 0 Å². The van der Waals surface area contributed by atoms with Gasteiger partial charge in [-0.2, -0.15) is 5.26 Å². The first kappa shape index (κ1) is 8.82. The van der Waals surface area contributed by atoms with Gasteiger partial charge in [0.15, 0.2) is 0 Å². The Hall–Kier alpha value is -1.27. The van der Waals surface area contributed by atoms with Gasteiger partial charge in [-0.15, -0.1) is 11.3 Å². The summed E-state index contributed by atoms with van der Waals surface area (Å²) in [6.45, 7) is 4.08. The van der Waals surface area contributed by atoms with Crippen LogP contribution in [0.1, 0.15) is 15.3 Å². The second-order valence-corrected chi connectivity index (χ2v) is 3.83. The van der Waals surface area contributed by atoms with Crippen LogP contribution >= 0.6 is 11.3 Å². The summed E-state index contributed by atoms with van der Waals surface area (Å²) in [4.78, 5) is 2.23. The summed E-state index contributed by atoms with van der Waals surface area (Å²) in [5.41, 5.74) is 7.42. The van der Waals surface area contributed by atoms with Crippen molar-refractivity contribution in [2.75, 3.05) is 0 Å². The Morgan fingerprint density at radius 1 is 1.67 bits per heavy atom. The van der Waals surface area contributed by atoms with Gasteiger partial charge in [-0.05, 0) is 25.5 Å². The van der Waals surface area contributed by atoms with Crippen LogP contribution in [0.5, 0.6) is 0 Å². The highest BCUT2D eigenvalue weighted by Gasteiger charge is 2.02. The molecule has 0 fully saturated rings. The minimum absolute atomic E-state index is 0.554. The molecule has 0 radical (unpaired) electrons. The van der Waals surface area contributed by atoms with Crippen molar-refractivity contribution in [3.05, 3.63) is 27.5 Å². The molecule has 1 aromatic rings. The number of hydrogen-bond donors (Lipinski definition) is 1. The molecule has 0 saturated heterocycles. The van der Waals surface area contributed by atoms with Crippen molar-refractivity contribution in [2.45, 2.75) is 13.8 Å². The SMILES string of the molecule is Cc1cc(/C(N)=C/C#N)sc1C. The Balaban J connectivity index is 3.06. The third kappa shape index (κ3) is 1.66. The summed E-state index contributed by atoms with van der Waals surface area (Å²) in [7, 11) is 0. The Bertz CT molecular complexity index is 336. The van der Waals surface area contributed by atoms with Crippen molar-refractivity contribution in [1.29, 1.82) is 5.26 Å². The van der Waals surface area contributed by atoms with Gasteiger partial charge in [-0.25, -0.2) is 0 Å². The average Bonchev–Trinajstić information content (AvgIpc) is 2.33. The molecule has 0 amide bonds. The van der Waals surface area contributed by atoms with Gasteiger partial charge >= 0.3 is 0 Å². The highest BCUT2D eigenvalue weighted by atomic mass is 32.1. The zero-order valence-electron chi connectivity index (χ0n) is 7.09. The fourth-order valence-corrected chi connectivity index (χ4v) is 1.82. The number of nitrogens with two attached hydrogens (primary N) is 1. The minimum atomic E-state index is 0.554. The van der Waals surface area contributed by atoms with E-state index in [4.69, 9.17) is 11.0 Å². The maximum Gasteiger partial charge on any atom is 0.0934 e. The predicted octanol–water partition coefficient (Wildman–Crippen LogP) is 2.19. The lowest BCUT2D eigenvalue weighted by molar-refractivity contribution is 1.44. The van der Waals surface area contributed by atoms with E-state index in [0.29, 0.717) is 5.70 Å². The monoisotopic (exact) mass is 178 g/mol. The van der Waals surface area contributed by atoms with Gasteiger partial charge in [0.2, 0.25) is 0 Å². The predicted molar refractivity (Wildman–Crippen MR) is 51.6 cm³/mol. The average molecular weight is 178 g/mol. The molecular weight excluding hydrogens is 168 g/mol. The normalized spacial score (nSPS) is 11.2. The Morgan fingerprint density at radius 3 is 2.75 bits per heavy atom. The van der Waals surface area contributed by atoms with Crippen LogP contribution < -0.4 is 5.73 Å². The Labute approximate surface area is 75.9 Å². The van der Waals surface area contributed by atoms with E-state index in [9.17, 15) is 0 Å². The third-order valence-electron chi connectivity index (χ3n) is 1.67. The molecule has 12 heavy (non-hydrogen) atoms. The summed E-state index contributed by atoms with van der Waals surface area (Å²) in [6, 6.07) is 3.92. The summed E-state index contributed by atoms with van der Waals surface area (Å²) in [6.07, 6.45) is 1.37. The lowest BCUT2D eigenvalue weighted by Crippen LogP contribution is -1.91. The Morgan fingerprint density at radius 2 is 2.33 bits per heavy atom. The molecule has 0 bridgehead atoms. The van der Waals surface area contributed by atoms with Crippen LogP contribution in [0.4, 0.5) is 0 Å². The number of rotatable bonds is 1. The molecule has 1 heterocycles. The molecule has 0 unspecified atom stereocenters. The number of nitrogens with zero attached hydrogens (tertiary/aromatic N) is 1. The topological polar surface area (TPSA) is 49.8 Å². The summed E-state index contributed by atoms with van der Waals surface area (Å²) < 4.78 is 0. The molecule has 0 aromatic carbocycles. The van der Waals surface area contributed by atoms with Crippen LogP contribution in [0.2, 0.25) is 0 Å². The van der Waals surface area contributed by atoms with E-state index in [1.165, 1.54) is 16.5 Å². The fourth-order valence-electron chi connectivity index (χ4n) is 0.856. The van der Waals surface area contributed by atoms with Gasteiger partial charge in [0.25, 0.3) is 0 Å². The number of nitriles is 1. The fraction of sp³-hybridized carbons (Fsp3) is 0.222. The molecule has 1 aromatic heterocycles. The van der Waals surface area contributed by atoms with Gasteiger partial charge in [-0.3, -0.25) is 0 Å². The number of hydrogen-bond acceptors (Lipinski definition) is 3. The summed E-state index contributed by atoms with van der Waals surface area (Å²) in [5, 5.41) is 8.37. The molecule has 2 nitrogen and oxygen atoms in total. The van der Waals surface area contributed by atoms with E-state index in [1.807, 2.05) is 26.0 Å². The molecule has 0 saturated carbocycles. The van der Waals surface area contributed by atoms with Crippen molar-refractivity contribution in [3.63, 3.8) is 0 Å². The highest BCUT2D eigenvalue weighted by Crippen LogP contribution is 2.24. The molecule has 3 heteroatoms. The van der Waals surface area contributed by atoms with Crippen LogP contribution in [-0.2, 0) is 0 Å². The molecule has 0 atom stereocenters.